The van der Waals surface area contributed by atoms with Gasteiger partial charge in [0.25, 0.3) is 10.1 Å². The second kappa shape index (κ2) is 17.9. The first kappa shape index (κ1) is 26.9. The van der Waals surface area contributed by atoms with Crippen molar-refractivity contribution in [3.63, 3.8) is 0 Å². The summed E-state index contributed by atoms with van der Waals surface area (Å²) >= 11 is 0. The maximum Gasteiger partial charge on any atom is 0.267 e. The fourth-order valence-corrected chi connectivity index (χ4v) is 4.58. The first-order chi connectivity index (χ1) is 12.9. The highest BCUT2D eigenvalue weighted by atomic mass is 32.2. The molecule has 2 unspecified atom stereocenters. The molecule has 0 saturated carbocycles. The molecule has 27 heavy (non-hydrogen) atoms. The summed E-state index contributed by atoms with van der Waals surface area (Å²) < 4.78 is 32.3. The molecule has 5 heteroatoms. The van der Waals surface area contributed by atoms with E-state index in [4.69, 9.17) is 0 Å². The van der Waals surface area contributed by atoms with E-state index in [9.17, 15) is 18.1 Å². The summed E-state index contributed by atoms with van der Waals surface area (Å²) in [6.07, 6.45) is 19.7. The van der Waals surface area contributed by atoms with Crippen LogP contribution in [-0.4, -0.2) is 29.4 Å². The first-order valence-corrected chi connectivity index (χ1v) is 13.0. The molecule has 2 N–H and O–H groups in total. The van der Waals surface area contributed by atoms with Crippen LogP contribution in [-0.2, 0) is 10.1 Å². The number of aliphatic hydroxyl groups excluding tert-OH is 1. The predicted octanol–water partition coefficient (Wildman–Crippen LogP) is 6.67. The average molecular weight is 407 g/mol. The fourth-order valence-electron chi connectivity index (χ4n) is 3.65. The molecule has 164 valence electrons. The molecule has 0 aromatic carbocycles. The van der Waals surface area contributed by atoms with Crippen molar-refractivity contribution in [2.75, 3.05) is 0 Å². The van der Waals surface area contributed by atoms with Crippen molar-refractivity contribution in [2.45, 2.75) is 141 Å². The van der Waals surface area contributed by atoms with Crippen molar-refractivity contribution in [1.29, 1.82) is 0 Å². The Kier molecular flexibility index (Phi) is 17.8. The molecule has 0 heterocycles. The standard InChI is InChI=1S/C22H46O4S/c1-3-4-5-6-7-8-9-10-11-12-13-14-15-16-19-22(27(24,25)26)20-17-18-21(2)23/h21-23H,3-20H2,1-2H3,(H,24,25,26). The van der Waals surface area contributed by atoms with Gasteiger partial charge in [0.1, 0.15) is 0 Å². The largest absolute Gasteiger partial charge is 0.393 e. The fraction of sp³-hybridized carbons (Fsp3) is 1.00. The molecule has 0 radical (unpaired) electrons. The molecule has 4 nitrogen and oxygen atoms in total. The highest BCUT2D eigenvalue weighted by Gasteiger charge is 2.22. The van der Waals surface area contributed by atoms with E-state index in [1.165, 1.54) is 70.6 Å². The van der Waals surface area contributed by atoms with Crippen molar-refractivity contribution >= 4 is 10.1 Å². The van der Waals surface area contributed by atoms with Crippen LogP contribution in [0.5, 0.6) is 0 Å². The number of aliphatic hydroxyl groups is 1. The van der Waals surface area contributed by atoms with E-state index in [-0.39, 0.29) is 0 Å². The summed E-state index contributed by atoms with van der Waals surface area (Å²) in [7, 11) is -3.96. The summed E-state index contributed by atoms with van der Waals surface area (Å²) in [6, 6.07) is 0. The van der Waals surface area contributed by atoms with Crippen LogP contribution in [0.1, 0.15) is 129 Å². The Morgan fingerprint density at radius 1 is 0.630 bits per heavy atom. The molecule has 0 saturated heterocycles. The minimum absolute atomic E-state index is 0.409. The molecule has 0 spiro atoms. The molecule has 0 amide bonds. The molecular formula is C22H46O4S. The highest BCUT2D eigenvalue weighted by molar-refractivity contribution is 7.86. The zero-order valence-corrected chi connectivity index (χ0v) is 18.8. The topological polar surface area (TPSA) is 74.6 Å². The molecule has 0 aromatic rings. The SMILES string of the molecule is CCCCCCCCCCCCCCCCC(CCCC(C)O)S(=O)(=O)O. The van der Waals surface area contributed by atoms with Gasteiger partial charge in [0, 0.05) is 0 Å². The minimum Gasteiger partial charge on any atom is -0.393 e. The summed E-state index contributed by atoms with van der Waals surface area (Å²) in [4.78, 5) is 0. The van der Waals surface area contributed by atoms with Gasteiger partial charge in [-0.15, -0.1) is 0 Å². The lowest BCUT2D eigenvalue weighted by Crippen LogP contribution is -2.21. The quantitative estimate of drug-likeness (QED) is 0.175. The third kappa shape index (κ3) is 19.0. The van der Waals surface area contributed by atoms with Crippen LogP contribution in [0.2, 0.25) is 0 Å². The summed E-state index contributed by atoms with van der Waals surface area (Å²) in [5.74, 6) is 0. The Labute approximate surface area is 169 Å². The third-order valence-electron chi connectivity index (χ3n) is 5.45. The van der Waals surface area contributed by atoms with Gasteiger partial charge in [0.05, 0.1) is 11.4 Å². The van der Waals surface area contributed by atoms with E-state index < -0.39 is 21.5 Å². The Morgan fingerprint density at radius 3 is 1.37 bits per heavy atom. The Morgan fingerprint density at radius 2 is 1.00 bits per heavy atom. The average Bonchev–Trinajstić information content (AvgIpc) is 2.59. The van der Waals surface area contributed by atoms with Crippen LogP contribution in [0.25, 0.3) is 0 Å². The van der Waals surface area contributed by atoms with E-state index in [2.05, 4.69) is 6.92 Å². The molecule has 0 aliphatic rings. The smallest absolute Gasteiger partial charge is 0.267 e. The maximum atomic E-state index is 11.5. The molecule has 0 aliphatic carbocycles. The van der Waals surface area contributed by atoms with Gasteiger partial charge in [-0.2, -0.15) is 8.42 Å². The molecule has 0 aliphatic heterocycles. The molecular weight excluding hydrogens is 360 g/mol. The maximum absolute atomic E-state index is 11.5. The second-order valence-corrected chi connectivity index (χ2v) is 10.00. The van der Waals surface area contributed by atoms with Gasteiger partial charge in [0.2, 0.25) is 0 Å². The van der Waals surface area contributed by atoms with Crippen LogP contribution in [0.4, 0.5) is 0 Å². The van der Waals surface area contributed by atoms with Crippen LogP contribution in [0, 0.1) is 0 Å². The van der Waals surface area contributed by atoms with Crippen LogP contribution >= 0.6 is 0 Å². The van der Waals surface area contributed by atoms with Crippen molar-refractivity contribution in [2.24, 2.45) is 0 Å². The van der Waals surface area contributed by atoms with Crippen molar-refractivity contribution in [3.8, 4) is 0 Å². The van der Waals surface area contributed by atoms with Gasteiger partial charge in [-0.25, -0.2) is 0 Å². The van der Waals surface area contributed by atoms with Gasteiger partial charge in [-0.1, -0.05) is 96.8 Å². The third-order valence-corrected chi connectivity index (χ3v) is 6.76. The normalized spacial score (nSPS) is 14.4. The molecule has 0 rings (SSSR count). The lowest BCUT2D eigenvalue weighted by Gasteiger charge is -2.14. The highest BCUT2D eigenvalue weighted by Crippen LogP contribution is 2.19. The van der Waals surface area contributed by atoms with Crippen LogP contribution < -0.4 is 0 Å². The Hall–Kier alpha value is -0.130. The Bertz CT molecular complexity index is 407. The van der Waals surface area contributed by atoms with Gasteiger partial charge in [-0.05, 0) is 32.6 Å². The predicted molar refractivity (Wildman–Crippen MR) is 116 cm³/mol. The van der Waals surface area contributed by atoms with Gasteiger partial charge in [0.15, 0.2) is 0 Å². The van der Waals surface area contributed by atoms with E-state index in [0.717, 1.165) is 19.3 Å². The summed E-state index contributed by atoms with van der Waals surface area (Å²) in [6.45, 7) is 3.96. The summed E-state index contributed by atoms with van der Waals surface area (Å²) in [5, 5.41) is 8.61. The lowest BCUT2D eigenvalue weighted by atomic mass is 10.0. The van der Waals surface area contributed by atoms with Gasteiger partial charge < -0.3 is 5.11 Å². The van der Waals surface area contributed by atoms with Gasteiger partial charge in [-0.3, -0.25) is 4.55 Å². The van der Waals surface area contributed by atoms with Crippen molar-refractivity contribution < 1.29 is 18.1 Å². The molecule has 0 bridgehead atoms. The number of unbranched alkanes of at least 4 members (excludes halogenated alkanes) is 13. The zero-order chi connectivity index (χ0) is 20.4. The number of hydrogen-bond donors (Lipinski definition) is 2. The van der Waals surface area contributed by atoms with E-state index in [1.54, 1.807) is 6.92 Å². The first-order valence-electron chi connectivity index (χ1n) is 11.5. The monoisotopic (exact) mass is 406 g/mol. The van der Waals surface area contributed by atoms with E-state index in [0.29, 0.717) is 25.7 Å². The zero-order valence-electron chi connectivity index (χ0n) is 18.0. The van der Waals surface area contributed by atoms with E-state index in [1.807, 2.05) is 0 Å². The lowest BCUT2D eigenvalue weighted by molar-refractivity contribution is 0.180. The molecule has 0 aromatic heterocycles. The molecule has 0 fully saturated rings. The molecule has 2 atom stereocenters. The van der Waals surface area contributed by atoms with Gasteiger partial charge >= 0.3 is 0 Å². The van der Waals surface area contributed by atoms with E-state index >= 15 is 0 Å². The minimum atomic E-state index is -3.96. The second-order valence-electron chi connectivity index (χ2n) is 8.30. The number of hydrogen-bond acceptors (Lipinski definition) is 3. The van der Waals surface area contributed by atoms with Crippen molar-refractivity contribution in [3.05, 3.63) is 0 Å². The summed E-state index contributed by atoms with van der Waals surface area (Å²) in [5.41, 5.74) is 0. The van der Waals surface area contributed by atoms with Crippen molar-refractivity contribution in [1.82, 2.24) is 0 Å². The number of rotatable bonds is 20. The van der Waals surface area contributed by atoms with Crippen LogP contribution in [0.15, 0.2) is 0 Å². The van der Waals surface area contributed by atoms with Crippen LogP contribution in [0.3, 0.4) is 0 Å². The Balaban J connectivity index is 3.52.